The lowest BCUT2D eigenvalue weighted by atomic mass is 10.1. The Bertz CT molecular complexity index is 1310. The average molecular weight is 903 g/mol. The summed E-state index contributed by atoms with van der Waals surface area (Å²) in [7, 11) is 0. The number of esters is 3. The normalized spacial score (nSPS) is 12.8. The number of unbranched alkanes of at least 4 members (excludes halogenated alkanes) is 20. The van der Waals surface area contributed by atoms with Gasteiger partial charge in [-0.15, -0.1) is 0 Å². The number of hydrogen-bond acceptors (Lipinski definition) is 6. The van der Waals surface area contributed by atoms with Crippen LogP contribution >= 0.6 is 0 Å². The number of ether oxygens (including phenoxy) is 3. The molecule has 0 amide bonds. The number of allylic oxidation sites excluding steroid dienone is 16. The van der Waals surface area contributed by atoms with Crippen LogP contribution in [0.15, 0.2) is 97.2 Å². The second-order valence-electron chi connectivity index (χ2n) is 17.4. The van der Waals surface area contributed by atoms with Gasteiger partial charge in [0.1, 0.15) is 13.2 Å². The van der Waals surface area contributed by atoms with Gasteiger partial charge in [-0.05, 0) is 83.5 Å². The van der Waals surface area contributed by atoms with E-state index in [1.54, 1.807) is 0 Å². The van der Waals surface area contributed by atoms with Gasteiger partial charge in [-0.1, -0.05) is 234 Å². The molecule has 0 saturated carbocycles. The van der Waals surface area contributed by atoms with E-state index < -0.39 is 6.10 Å². The fourth-order valence-corrected chi connectivity index (χ4v) is 7.10. The fourth-order valence-electron chi connectivity index (χ4n) is 7.10. The van der Waals surface area contributed by atoms with Gasteiger partial charge in [0, 0.05) is 19.3 Å². The van der Waals surface area contributed by atoms with Gasteiger partial charge in [-0.3, -0.25) is 14.4 Å². The van der Waals surface area contributed by atoms with Gasteiger partial charge in [0.05, 0.1) is 0 Å². The third kappa shape index (κ3) is 51.2. The van der Waals surface area contributed by atoms with E-state index in [1.807, 2.05) is 0 Å². The summed E-state index contributed by atoms with van der Waals surface area (Å²) in [6.45, 7) is 6.44. The molecule has 6 nitrogen and oxygen atoms in total. The van der Waals surface area contributed by atoms with Crippen molar-refractivity contribution < 1.29 is 28.6 Å². The molecular weight excluding hydrogens is 805 g/mol. The zero-order valence-corrected chi connectivity index (χ0v) is 42.2. The van der Waals surface area contributed by atoms with Crippen LogP contribution < -0.4 is 0 Å². The molecular formula is C59H98O6. The number of carbonyl (C=O) groups is 3. The molecule has 0 aliphatic heterocycles. The van der Waals surface area contributed by atoms with Crippen LogP contribution in [0.5, 0.6) is 0 Å². The molecule has 0 N–H and O–H groups in total. The van der Waals surface area contributed by atoms with Crippen molar-refractivity contribution in [2.75, 3.05) is 13.2 Å². The fraction of sp³-hybridized carbons (Fsp3) is 0.678. The predicted octanol–water partition coefficient (Wildman–Crippen LogP) is 17.8. The molecule has 0 rings (SSSR count). The van der Waals surface area contributed by atoms with Gasteiger partial charge in [0.2, 0.25) is 0 Å². The maximum atomic E-state index is 12.7. The van der Waals surface area contributed by atoms with E-state index in [1.165, 1.54) is 77.0 Å². The highest BCUT2D eigenvalue weighted by Crippen LogP contribution is 2.14. The van der Waals surface area contributed by atoms with E-state index in [0.717, 1.165) is 122 Å². The first-order valence-corrected chi connectivity index (χ1v) is 26.7. The smallest absolute Gasteiger partial charge is 0.306 e. The Hall–Kier alpha value is -3.67. The lowest BCUT2D eigenvalue weighted by Gasteiger charge is -2.18. The topological polar surface area (TPSA) is 78.9 Å². The van der Waals surface area contributed by atoms with Crippen LogP contribution in [-0.4, -0.2) is 37.2 Å². The molecule has 0 bridgehead atoms. The van der Waals surface area contributed by atoms with Crippen molar-refractivity contribution in [3.05, 3.63) is 97.2 Å². The summed E-state index contributed by atoms with van der Waals surface area (Å²) in [4.78, 5) is 37.7. The lowest BCUT2D eigenvalue weighted by Crippen LogP contribution is -2.30. The minimum atomic E-state index is -0.776. The highest BCUT2D eigenvalue weighted by molar-refractivity contribution is 5.71. The van der Waals surface area contributed by atoms with Crippen molar-refractivity contribution in [2.45, 2.75) is 245 Å². The molecule has 0 saturated heterocycles. The Balaban J connectivity index is 4.11. The Kier molecular flexibility index (Phi) is 50.0. The molecule has 0 radical (unpaired) electrons. The summed E-state index contributed by atoms with van der Waals surface area (Å²) in [6.07, 6.45) is 70.0. The van der Waals surface area contributed by atoms with Crippen molar-refractivity contribution in [1.82, 2.24) is 0 Å². The Labute approximate surface area is 400 Å². The molecule has 0 aliphatic rings. The second-order valence-corrected chi connectivity index (χ2v) is 17.4. The lowest BCUT2D eigenvalue weighted by molar-refractivity contribution is -0.167. The van der Waals surface area contributed by atoms with E-state index in [-0.39, 0.29) is 31.1 Å². The van der Waals surface area contributed by atoms with Crippen molar-refractivity contribution in [1.29, 1.82) is 0 Å². The van der Waals surface area contributed by atoms with E-state index >= 15 is 0 Å². The van der Waals surface area contributed by atoms with Gasteiger partial charge < -0.3 is 14.2 Å². The van der Waals surface area contributed by atoms with Crippen LogP contribution in [0.4, 0.5) is 0 Å². The summed E-state index contributed by atoms with van der Waals surface area (Å²) in [5, 5.41) is 0. The largest absolute Gasteiger partial charge is 0.462 e. The maximum Gasteiger partial charge on any atom is 0.306 e. The van der Waals surface area contributed by atoms with Crippen LogP contribution in [0, 0.1) is 0 Å². The predicted molar refractivity (Wildman–Crippen MR) is 279 cm³/mol. The van der Waals surface area contributed by atoms with Gasteiger partial charge in [-0.2, -0.15) is 0 Å². The summed E-state index contributed by atoms with van der Waals surface area (Å²) >= 11 is 0. The molecule has 0 aromatic heterocycles. The first-order chi connectivity index (χ1) is 32.0. The minimum Gasteiger partial charge on any atom is -0.462 e. The quantitative estimate of drug-likeness (QED) is 0.0262. The van der Waals surface area contributed by atoms with E-state index in [0.29, 0.717) is 19.3 Å². The third-order valence-corrected chi connectivity index (χ3v) is 11.1. The number of carbonyl (C=O) groups excluding carboxylic acids is 3. The Morgan fingerprint density at radius 2 is 0.600 bits per heavy atom. The van der Waals surface area contributed by atoms with E-state index in [9.17, 15) is 14.4 Å². The van der Waals surface area contributed by atoms with Crippen molar-refractivity contribution in [3.63, 3.8) is 0 Å². The van der Waals surface area contributed by atoms with Crippen LogP contribution in [-0.2, 0) is 28.6 Å². The zero-order valence-electron chi connectivity index (χ0n) is 42.2. The third-order valence-electron chi connectivity index (χ3n) is 11.1. The molecule has 0 spiro atoms. The van der Waals surface area contributed by atoms with Crippen LogP contribution in [0.3, 0.4) is 0 Å². The first-order valence-electron chi connectivity index (χ1n) is 26.7. The molecule has 65 heavy (non-hydrogen) atoms. The monoisotopic (exact) mass is 903 g/mol. The molecule has 0 aliphatic carbocycles. The van der Waals surface area contributed by atoms with Gasteiger partial charge in [0.25, 0.3) is 0 Å². The zero-order chi connectivity index (χ0) is 47.2. The Morgan fingerprint density at radius 3 is 0.938 bits per heavy atom. The van der Waals surface area contributed by atoms with Crippen LogP contribution in [0.25, 0.3) is 0 Å². The highest BCUT2D eigenvalue weighted by Gasteiger charge is 2.19. The highest BCUT2D eigenvalue weighted by atomic mass is 16.6. The summed E-state index contributed by atoms with van der Waals surface area (Å²) in [6, 6.07) is 0. The minimum absolute atomic E-state index is 0.0801. The van der Waals surface area contributed by atoms with Crippen molar-refractivity contribution in [3.8, 4) is 0 Å². The van der Waals surface area contributed by atoms with Gasteiger partial charge >= 0.3 is 17.9 Å². The van der Waals surface area contributed by atoms with E-state index in [2.05, 4.69) is 118 Å². The standard InChI is InChI=1S/C59H98O6/c1-4-7-10-13-16-19-20-21-22-23-24-25-26-27-28-29-30-31-32-33-34-35-36-37-38-39-40-41-44-46-49-52-58(61)64-55-56(65-59(62)53-50-47-43-18-15-12-9-6-3)54-63-57(60)51-48-45-42-17-14-11-8-5-2/h7,10,16,19,21-22,24-25,27-28,30-31,33-34,36-37,56H,4-6,8-9,11-15,17-18,20,23,26,29,32,35,38-55H2,1-3H3/b10-7-,19-16-,22-21-,25-24-,28-27-,31-30-,34-33-,37-36-. The number of rotatable bonds is 47. The molecule has 0 aromatic carbocycles. The van der Waals surface area contributed by atoms with Crippen molar-refractivity contribution >= 4 is 17.9 Å². The SMILES string of the molecule is CC/C=C\C/C=C\C/C=C\C/C=C\C/C=C\C/C=C\C/C=C\C/C=C\CCCCCCCCC(=O)OCC(COC(=O)CCCCCCCCCC)OC(=O)CCCCCCCCCC. The van der Waals surface area contributed by atoms with Crippen LogP contribution in [0.1, 0.15) is 239 Å². The van der Waals surface area contributed by atoms with Crippen molar-refractivity contribution in [2.24, 2.45) is 0 Å². The maximum absolute atomic E-state index is 12.7. The summed E-state index contributed by atoms with van der Waals surface area (Å²) in [5.74, 6) is -0.907. The molecule has 1 atom stereocenters. The van der Waals surface area contributed by atoms with E-state index in [4.69, 9.17) is 14.2 Å². The summed E-state index contributed by atoms with van der Waals surface area (Å²) < 4.78 is 16.7. The molecule has 0 heterocycles. The Morgan fingerprint density at radius 1 is 0.323 bits per heavy atom. The molecule has 0 aromatic rings. The molecule has 6 heteroatoms. The summed E-state index contributed by atoms with van der Waals surface area (Å²) in [5.41, 5.74) is 0. The van der Waals surface area contributed by atoms with Crippen LogP contribution in [0.2, 0.25) is 0 Å². The average Bonchev–Trinajstić information content (AvgIpc) is 3.30. The molecule has 370 valence electrons. The molecule has 0 fully saturated rings. The second kappa shape index (κ2) is 52.9. The molecule has 1 unspecified atom stereocenters. The van der Waals surface area contributed by atoms with Gasteiger partial charge in [-0.25, -0.2) is 0 Å². The number of hydrogen-bond donors (Lipinski definition) is 0. The van der Waals surface area contributed by atoms with Gasteiger partial charge in [0.15, 0.2) is 6.10 Å². The first kappa shape index (κ1) is 61.3.